The summed E-state index contributed by atoms with van der Waals surface area (Å²) in [6.45, 7) is 18.0. The first-order valence-electron chi connectivity index (χ1n) is 17.5. The highest BCUT2D eigenvalue weighted by atomic mass is 35.5. The van der Waals surface area contributed by atoms with Crippen molar-refractivity contribution < 1.29 is 9.31 Å². The second-order valence-electron chi connectivity index (χ2n) is 16.6. The molecule has 1 aliphatic heterocycles. The van der Waals surface area contributed by atoms with Gasteiger partial charge in [0, 0.05) is 36.0 Å². The molecule has 7 aromatic rings. The summed E-state index contributed by atoms with van der Waals surface area (Å²) in [6.07, 6.45) is 0. The van der Waals surface area contributed by atoms with E-state index in [1.165, 1.54) is 85.2 Å². The van der Waals surface area contributed by atoms with E-state index in [2.05, 4.69) is 134 Å². The van der Waals surface area contributed by atoms with E-state index in [0.717, 1.165) is 10.5 Å². The largest absolute Gasteiger partial charge is 0.494 e. The first-order chi connectivity index (χ1) is 23.6. The van der Waals surface area contributed by atoms with Gasteiger partial charge in [-0.15, -0.1) is 22.7 Å². The van der Waals surface area contributed by atoms with Crippen molar-refractivity contribution >= 4 is 76.4 Å². The van der Waals surface area contributed by atoms with Gasteiger partial charge in [0.15, 0.2) is 0 Å². The molecule has 1 saturated heterocycles. The lowest BCUT2D eigenvalue weighted by Crippen LogP contribution is -2.41. The van der Waals surface area contributed by atoms with Crippen LogP contribution in [0.25, 0.3) is 63.0 Å². The van der Waals surface area contributed by atoms with E-state index in [-0.39, 0.29) is 29.2 Å². The molecule has 0 spiro atoms. The van der Waals surface area contributed by atoms with Crippen LogP contribution >= 0.6 is 34.3 Å². The van der Waals surface area contributed by atoms with Crippen molar-refractivity contribution in [3.8, 4) is 33.4 Å². The van der Waals surface area contributed by atoms with Crippen molar-refractivity contribution in [1.29, 1.82) is 0 Å². The van der Waals surface area contributed by atoms with Crippen molar-refractivity contribution in [2.24, 2.45) is 0 Å². The molecule has 0 amide bonds. The highest BCUT2D eigenvalue weighted by molar-refractivity contribution is 7.36. The van der Waals surface area contributed by atoms with Gasteiger partial charge in [-0.3, -0.25) is 0 Å². The van der Waals surface area contributed by atoms with E-state index in [0.29, 0.717) is 0 Å². The van der Waals surface area contributed by atoms with Crippen molar-refractivity contribution in [2.45, 2.75) is 77.4 Å². The number of fused-ring (bicyclic) bond motifs is 11. The number of rotatable bonds is 2. The molecular weight excluding hydrogens is 671 g/mol. The van der Waals surface area contributed by atoms with E-state index in [1.54, 1.807) is 0 Å². The Morgan fingerprint density at radius 2 is 0.980 bits per heavy atom. The van der Waals surface area contributed by atoms with E-state index < -0.39 is 0 Å². The molecule has 248 valence electrons. The topological polar surface area (TPSA) is 18.5 Å². The maximum atomic E-state index is 6.45. The predicted octanol–water partition coefficient (Wildman–Crippen LogP) is 12.5. The second kappa shape index (κ2) is 9.90. The monoisotopic (exact) mass is 708 g/mol. The molecule has 0 N–H and O–H groups in total. The standard InChI is InChI=1S/C44H38BClO2S2/c1-41(2)33-17-23(24-10-14-29-37(18-24)49-40-30-16-12-26(46)20-38(30)50-39(29)40)9-13-27(33)31-21-36-32(22-35(31)41)28-15-11-25(19-34(28)42(36,3)4)45-47-43(5,6)44(7,8)48-45/h9-22H,1-8H3. The molecule has 2 aromatic heterocycles. The molecule has 0 radical (unpaired) electrons. The van der Waals surface area contributed by atoms with Gasteiger partial charge in [0.05, 0.1) is 20.6 Å². The lowest BCUT2D eigenvalue weighted by Gasteiger charge is -2.32. The number of thiophene rings is 2. The smallest absolute Gasteiger partial charge is 0.399 e. The van der Waals surface area contributed by atoms with Crippen LogP contribution in [-0.4, -0.2) is 18.3 Å². The second-order valence-corrected chi connectivity index (χ2v) is 19.1. The van der Waals surface area contributed by atoms with Crippen LogP contribution in [0.3, 0.4) is 0 Å². The molecule has 2 nitrogen and oxygen atoms in total. The molecule has 5 aromatic carbocycles. The summed E-state index contributed by atoms with van der Waals surface area (Å²) in [4.78, 5) is 0. The third-order valence-electron chi connectivity index (χ3n) is 12.4. The fourth-order valence-corrected chi connectivity index (χ4v) is 11.7. The van der Waals surface area contributed by atoms with Gasteiger partial charge >= 0.3 is 7.12 Å². The molecule has 0 saturated carbocycles. The van der Waals surface area contributed by atoms with Gasteiger partial charge in [0.25, 0.3) is 0 Å². The predicted molar refractivity (Wildman–Crippen MR) is 216 cm³/mol. The molecule has 1 fully saturated rings. The zero-order chi connectivity index (χ0) is 34.7. The summed E-state index contributed by atoms with van der Waals surface area (Å²) < 4.78 is 18.2. The lowest BCUT2D eigenvalue weighted by molar-refractivity contribution is 0.00578. The Morgan fingerprint density at radius 3 is 1.60 bits per heavy atom. The number of hydrogen-bond acceptors (Lipinski definition) is 4. The SMILES string of the molecule is CC1(C)c2cc(B3OC(C)(C)C(C)(C)O3)ccc2-c2cc3c(cc21)-c1ccc(-c2ccc4c(c2)sc2c5ccc(Cl)cc5sc42)cc1C3(C)C. The molecule has 6 heteroatoms. The van der Waals surface area contributed by atoms with E-state index >= 15 is 0 Å². The normalized spacial score (nSPS) is 18.9. The number of halogens is 1. The van der Waals surface area contributed by atoms with Crippen LogP contribution in [0.4, 0.5) is 0 Å². The Morgan fingerprint density at radius 1 is 0.500 bits per heavy atom. The molecule has 50 heavy (non-hydrogen) atoms. The minimum Gasteiger partial charge on any atom is -0.399 e. The fraction of sp³-hybridized carbons (Fsp3) is 0.273. The molecule has 2 aliphatic carbocycles. The molecular formula is C44H38BClO2S2. The van der Waals surface area contributed by atoms with Gasteiger partial charge in [-0.1, -0.05) is 87.8 Å². The zero-order valence-electron chi connectivity index (χ0n) is 29.7. The minimum atomic E-state index is -0.369. The van der Waals surface area contributed by atoms with E-state index in [1.807, 2.05) is 28.7 Å². The number of hydrogen-bond donors (Lipinski definition) is 0. The van der Waals surface area contributed by atoms with Crippen molar-refractivity contribution in [3.05, 3.63) is 112 Å². The van der Waals surface area contributed by atoms with Crippen LogP contribution in [0.5, 0.6) is 0 Å². The summed E-state index contributed by atoms with van der Waals surface area (Å²) in [7, 11) is -0.369. The Hall–Kier alpha value is -3.45. The van der Waals surface area contributed by atoms with Crippen molar-refractivity contribution in [1.82, 2.24) is 0 Å². The average Bonchev–Trinajstić information content (AvgIpc) is 3.78. The quantitative estimate of drug-likeness (QED) is 0.166. The lowest BCUT2D eigenvalue weighted by atomic mass is 9.74. The first kappa shape index (κ1) is 31.3. The maximum Gasteiger partial charge on any atom is 0.494 e. The molecule has 0 atom stereocenters. The van der Waals surface area contributed by atoms with Gasteiger partial charge in [0.2, 0.25) is 0 Å². The Balaban J connectivity index is 1.03. The van der Waals surface area contributed by atoms with Crippen LogP contribution < -0.4 is 5.46 Å². The average molecular weight is 709 g/mol. The van der Waals surface area contributed by atoms with Gasteiger partial charge in [-0.2, -0.15) is 0 Å². The third kappa shape index (κ3) is 4.10. The summed E-state index contributed by atoms with van der Waals surface area (Å²) >= 11 is 10.1. The van der Waals surface area contributed by atoms with Gasteiger partial charge in [-0.05, 0) is 125 Å². The highest BCUT2D eigenvalue weighted by Gasteiger charge is 2.52. The van der Waals surface area contributed by atoms with Crippen molar-refractivity contribution in [2.75, 3.05) is 0 Å². The summed E-state index contributed by atoms with van der Waals surface area (Å²) in [5.74, 6) is 0. The van der Waals surface area contributed by atoms with Crippen LogP contribution in [0.2, 0.25) is 5.02 Å². The molecule has 0 bridgehead atoms. The minimum absolute atomic E-state index is 0.124. The molecule has 3 aliphatic rings. The van der Waals surface area contributed by atoms with Gasteiger partial charge in [-0.25, -0.2) is 0 Å². The van der Waals surface area contributed by atoms with Crippen molar-refractivity contribution in [3.63, 3.8) is 0 Å². The molecule has 3 heterocycles. The Labute approximate surface area is 307 Å². The summed E-state index contributed by atoms with van der Waals surface area (Å²) in [5.41, 5.74) is 13.6. The third-order valence-corrected chi connectivity index (χ3v) is 15.1. The van der Waals surface area contributed by atoms with E-state index in [9.17, 15) is 0 Å². The van der Waals surface area contributed by atoms with Crippen LogP contribution in [-0.2, 0) is 20.1 Å². The van der Waals surface area contributed by atoms with Gasteiger partial charge in [0.1, 0.15) is 0 Å². The van der Waals surface area contributed by atoms with Crippen LogP contribution in [0, 0.1) is 0 Å². The fourth-order valence-electron chi connectivity index (χ4n) is 8.69. The Kier molecular flexibility index (Phi) is 6.20. The number of benzene rings is 5. The van der Waals surface area contributed by atoms with Crippen LogP contribution in [0.1, 0.15) is 77.6 Å². The van der Waals surface area contributed by atoms with Gasteiger partial charge < -0.3 is 9.31 Å². The summed E-state index contributed by atoms with van der Waals surface area (Å²) in [6, 6.07) is 32.2. The zero-order valence-corrected chi connectivity index (χ0v) is 32.1. The maximum absolute atomic E-state index is 6.45. The molecule has 0 unspecified atom stereocenters. The molecule has 10 rings (SSSR count). The van der Waals surface area contributed by atoms with Crippen LogP contribution in [0.15, 0.2) is 84.9 Å². The first-order valence-corrected chi connectivity index (χ1v) is 19.5. The van der Waals surface area contributed by atoms with E-state index in [4.69, 9.17) is 20.9 Å². The Bertz CT molecular complexity index is 2620. The highest BCUT2D eigenvalue weighted by Crippen LogP contribution is 2.56. The summed E-state index contributed by atoms with van der Waals surface area (Å²) in [5, 5.41) is 3.43.